The van der Waals surface area contributed by atoms with E-state index in [1.807, 2.05) is 0 Å². The SMILES string of the molecule is COC(=O)CCCCCNC(=O)c1ccc[nH]c1=O. The minimum atomic E-state index is -0.398. The fourth-order valence-electron chi connectivity index (χ4n) is 1.57. The van der Waals surface area contributed by atoms with Crippen molar-refractivity contribution in [1.29, 1.82) is 0 Å². The Morgan fingerprint density at radius 3 is 2.79 bits per heavy atom. The van der Waals surface area contributed by atoms with Gasteiger partial charge in [-0.05, 0) is 25.0 Å². The molecule has 1 aromatic rings. The molecule has 6 nitrogen and oxygen atoms in total. The maximum absolute atomic E-state index is 11.6. The van der Waals surface area contributed by atoms with Crippen molar-refractivity contribution in [3.05, 3.63) is 34.2 Å². The molecule has 0 radical (unpaired) electrons. The van der Waals surface area contributed by atoms with Crippen LogP contribution in [-0.2, 0) is 9.53 Å². The van der Waals surface area contributed by atoms with Gasteiger partial charge in [-0.25, -0.2) is 0 Å². The lowest BCUT2D eigenvalue weighted by atomic mass is 10.2. The number of pyridine rings is 1. The number of ether oxygens (including phenoxy) is 1. The Bertz CT molecular complexity index is 482. The highest BCUT2D eigenvalue weighted by Gasteiger charge is 2.08. The number of hydrogen-bond acceptors (Lipinski definition) is 4. The van der Waals surface area contributed by atoms with Crippen LogP contribution in [0.25, 0.3) is 0 Å². The van der Waals surface area contributed by atoms with Crippen molar-refractivity contribution in [2.45, 2.75) is 25.7 Å². The van der Waals surface area contributed by atoms with Crippen molar-refractivity contribution in [2.24, 2.45) is 0 Å². The van der Waals surface area contributed by atoms with Gasteiger partial charge in [0.05, 0.1) is 7.11 Å². The van der Waals surface area contributed by atoms with E-state index in [1.165, 1.54) is 19.4 Å². The van der Waals surface area contributed by atoms with E-state index in [0.29, 0.717) is 13.0 Å². The molecule has 1 heterocycles. The van der Waals surface area contributed by atoms with E-state index in [-0.39, 0.29) is 17.4 Å². The first-order valence-electron chi connectivity index (χ1n) is 6.18. The van der Waals surface area contributed by atoms with Gasteiger partial charge in [0.25, 0.3) is 11.5 Å². The average molecular weight is 266 g/mol. The van der Waals surface area contributed by atoms with Crippen LogP contribution in [0.3, 0.4) is 0 Å². The molecule has 19 heavy (non-hydrogen) atoms. The first-order valence-corrected chi connectivity index (χ1v) is 6.18. The molecule has 0 fully saturated rings. The highest BCUT2D eigenvalue weighted by atomic mass is 16.5. The maximum Gasteiger partial charge on any atom is 0.305 e. The third kappa shape index (κ3) is 5.37. The molecule has 0 bridgehead atoms. The summed E-state index contributed by atoms with van der Waals surface area (Å²) >= 11 is 0. The third-order valence-corrected chi connectivity index (χ3v) is 2.63. The molecular formula is C13H18N2O4. The van der Waals surface area contributed by atoms with Crippen LogP contribution in [0.15, 0.2) is 23.1 Å². The van der Waals surface area contributed by atoms with Gasteiger partial charge >= 0.3 is 5.97 Å². The zero-order valence-corrected chi connectivity index (χ0v) is 10.9. The molecule has 0 aromatic carbocycles. The van der Waals surface area contributed by atoms with E-state index in [9.17, 15) is 14.4 Å². The van der Waals surface area contributed by atoms with Crippen LogP contribution in [0.5, 0.6) is 0 Å². The van der Waals surface area contributed by atoms with Gasteiger partial charge in [0.1, 0.15) is 5.56 Å². The second-order valence-corrected chi connectivity index (χ2v) is 4.06. The Morgan fingerprint density at radius 2 is 2.11 bits per heavy atom. The maximum atomic E-state index is 11.6. The number of unbranched alkanes of at least 4 members (excludes halogenated alkanes) is 2. The Kier molecular flexibility index (Phi) is 6.35. The smallest absolute Gasteiger partial charge is 0.305 e. The molecule has 6 heteroatoms. The van der Waals surface area contributed by atoms with Crippen LogP contribution >= 0.6 is 0 Å². The lowest BCUT2D eigenvalue weighted by Crippen LogP contribution is -2.29. The second-order valence-electron chi connectivity index (χ2n) is 4.06. The Morgan fingerprint density at radius 1 is 1.32 bits per heavy atom. The zero-order chi connectivity index (χ0) is 14.1. The highest BCUT2D eigenvalue weighted by molar-refractivity contribution is 5.93. The average Bonchev–Trinajstić information content (AvgIpc) is 2.42. The van der Waals surface area contributed by atoms with Gasteiger partial charge in [-0.15, -0.1) is 0 Å². The predicted octanol–water partition coefficient (Wildman–Crippen LogP) is 0.838. The molecule has 0 spiro atoms. The first kappa shape index (κ1) is 14.9. The molecule has 0 atom stereocenters. The van der Waals surface area contributed by atoms with Crippen molar-refractivity contribution < 1.29 is 14.3 Å². The third-order valence-electron chi connectivity index (χ3n) is 2.63. The Hall–Kier alpha value is -2.11. The molecule has 1 amide bonds. The lowest BCUT2D eigenvalue weighted by molar-refractivity contribution is -0.140. The van der Waals surface area contributed by atoms with E-state index in [4.69, 9.17) is 0 Å². The monoisotopic (exact) mass is 266 g/mol. The fourth-order valence-corrected chi connectivity index (χ4v) is 1.57. The van der Waals surface area contributed by atoms with Gasteiger partial charge in [0, 0.05) is 19.2 Å². The highest BCUT2D eigenvalue weighted by Crippen LogP contribution is 2.00. The zero-order valence-electron chi connectivity index (χ0n) is 10.9. The van der Waals surface area contributed by atoms with Gasteiger partial charge in [-0.3, -0.25) is 14.4 Å². The summed E-state index contributed by atoms with van der Waals surface area (Å²) in [5.74, 6) is -0.602. The van der Waals surface area contributed by atoms with E-state index < -0.39 is 5.56 Å². The molecule has 0 aliphatic carbocycles. The number of rotatable bonds is 7. The number of methoxy groups -OCH3 is 1. The number of aromatic nitrogens is 1. The summed E-state index contributed by atoms with van der Waals surface area (Å²) in [7, 11) is 1.36. The summed E-state index contributed by atoms with van der Waals surface area (Å²) in [6.45, 7) is 0.480. The van der Waals surface area contributed by atoms with Crippen molar-refractivity contribution in [2.75, 3.05) is 13.7 Å². The quantitative estimate of drug-likeness (QED) is 0.565. The van der Waals surface area contributed by atoms with Crippen LogP contribution in [-0.4, -0.2) is 30.5 Å². The lowest BCUT2D eigenvalue weighted by Gasteiger charge is -2.04. The fraction of sp³-hybridized carbons (Fsp3) is 0.462. The number of carbonyl (C=O) groups excluding carboxylic acids is 2. The number of carbonyl (C=O) groups is 2. The van der Waals surface area contributed by atoms with Crippen LogP contribution in [0.2, 0.25) is 0 Å². The number of nitrogens with one attached hydrogen (secondary N) is 2. The summed E-state index contributed by atoms with van der Waals surface area (Å²) in [5, 5.41) is 2.67. The minimum Gasteiger partial charge on any atom is -0.469 e. The van der Waals surface area contributed by atoms with Crippen LogP contribution in [0.4, 0.5) is 0 Å². The van der Waals surface area contributed by atoms with Crippen molar-refractivity contribution in [1.82, 2.24) is 10.3 Å². The minimum absolute atomic E-state index is 0.108. The van der Waals surface area contributed by atoms with E-state index in [0.717, 1.165) is 19.3 Å². The molecule has 0 unspecified atom stereocenters. The normalized spacial score (nSPS) is 9.95. The number of esters is 1. The largest absolute Gasteiger partial charge is 0.469 e. The van der Waals surface area contributed by atoms with E-state index in [2.05, 4.69) is 15.0 Å². The van der Waals surface area contributed by atoms with Crippen LogP contribution in [0.1, 0.15) is 36.0 Å². The molecule has 0 saturated carbocycles. The molecule has 0 aliphatic heterocycles. The van der Waals surface area contributed by atoms with Gasteiger partial charge in [0.15, 0.2) is 0 Å². The summed E-state index contributed by atoms with van der Waals surface area (Å²) < 4.78 is 4.52. The van der Waals surface area contributed by atoms with Crippen molar-refractivity contribution in [3.63, 3.8) is 0 Å². The topological polar surface area (TPSA) is 88.3 Å². The second kappa shape index (κ2) is 8.07. The molecule has 0 saturated heterocycles. The van der Waals surface area contributed by atoms with E-state index in [1.54, 1.807) is 6.07 Å². The summed E-state index contributed by atoms with van der Waals surface area (Å²) in [5.41, 5.74) is -0.289. The number of aromatic amines is 1. The summed E-state index contributed by atoms with van der Waals surface area (Å²) in [6.07, 6.45) is 4.18. The van der Waals surface area contributed by atoms with Gasteiger partial charge in [0.2, 0.25) is 0 Å². The molecule has 1 aromatic heterocycles. The van der Waals surface area contributed by atoms with Crippen molar-refractivity contribution >= 4 is 11.9 Å². The van der Waals surface area contributed by atoms with Crippen molar-refractivity contribution in [3.8, 4) is 0 Å². The Balaban J connectivity index is 2.20. The summed E-state index contributed by atoms with van der Waals surface area (Å²) in [4.78, 5) is 36.3. The van der Waals surface area contributed by atoms with E-state index >= 15 is 0 Å². The first-order chi connectivity index (χ1) is 9.15. The number of H-pyrrole nitrogens is 1. The Labute approximate surface area is 111 Å². The molecule has 1 rings (SSSR count). The molecule has 2 N–H and O–H groups in total. The van der Waals surface area contributed by atoms with Crippen LogP contribution in [0, 0.1) is 0 Å². The standard InChI is InChI=1S/C13H18N2O4/c1-19-11(16)7-3-2-4-8-14-12(17)10-6-5-9-15-13(10)18/h5-6,9H,2-4,7-8H2,1H3,(H,14,17)(H,15,18). The number of hydrogen-bond donors (Lipinski definition) is 2. The van der Waals surface area contributed by atoms with Gasteiger partial charge < -0.3 is 15.0 Å². The van der Waals surface area contributed by atoms with Gasteiger partial charge in [-0.1, -0.05) is 6.42 Å². The summed E-state index contributed by atoms with van der Waals surface area (Å²) in [6, 6.07) is 3.08. The molecule has 104 valence electrons. The van der Waals surface area contributed by atoms with Crippen LogP contribution < -0.4 is 10.9 Å². The molecular weight excluding hydrogens is 248 g/mol. The number of amides is 1. The molecule has 0 aliphatic rings. The van der Waals surface area contributed by atoms with Gasteiger partial charge in [-0.2, -0.15) is 0 Å². The predicted molar refractivity (Wildman–Crippen MR) is 69.9 cm³/mol.